The van der Waals surface area contributed by atoms with Crippen LogP contribution in [0.5, 0.6) is 0 Å². The highest BCUT2D eigenvalue weighted by atomic mass is 16.2. The summed E-state index contributed by atoms with van der Waals surface area (Å²) < 4.78 is 1.66. The van der Waals surface area contributed by atoms with Gasteiger partial charge in [-0.2, -0.15) is 5.26 Å². The van der Waals surface area contributed by atoms with E-state index in [9.17, 15) is 4.79 Å². The van der Waals surface area contributed by atoms with Crippen LogP contribution < -0.4 is 16.2 Å². The summed E-state index contributed by atoms with van der Waals surface area (Å²) in [6.07, 6.45) is 0. The Hall–Kier alpha value is -4.00. The average molecular weight is 349 g/mol. The SMILES string of the molecule is CCn1nnnc1-c1cccc(NC(=O)NNc2cccc(C#N)n2)c1. The van der Waals surface area contributed by atoms with Gasteiger partial charge in [0.05, 0.1) is 0 Å². The molecule has 2 amide bonds. The smallest absolute Gasteiger partial charge is 0.307 e. The third kappa shape index (κ3) is 3.90. The summed E-state index contributed by atoms with van der Waals surface area (Å²) in [6.45, 7) is 2.58. The van der Waals surface area contributed by atoms with Crippen LogP contribution in [-0.4, -0.2) is 31.2 Å². The van der Waals surface area contributed by atoms with Crippen molar-refractivity contribution in [1.29, 1.82) is 5.26 Å². The molecule has 0 atom stereocenters. The zero-order valence-corrected chi connectivity index (χ0v) is 13.8. The van der Waals surface area contributed by atoms with E-state index in [1.807, 2.05) is 19.1 Å². The zero-order chi connectivity index (χ0) is 18.4. The van der Waals surface area contributed by atoms with Gasteiger partial charge in [-0.15, -0.1) is 5.10 Å². The van der Waals surface area contributed by atoms with E-state index in [1.165, 1.54) is 0 Å². The second-order valence-corrected chi connectivity index (χ2v) is 5.12. The molecule has 0 aliphatic rings. The minimum Gasteiger partial charge on any atom is -0.307 e. The number of carbonyl (C=O) groups is 1. The average Bonchev–Trinajstić information content (AvgIpc) is 3.15. The number of anilines is 2. The van der Waals surface area contributed by atoms with Crippen LogP contribution in [0.15, 0.2) is 42.5 Å². The van der Waals surface area contributed by atoms with E-state index in [2.05, 4.69) is 36.7 Å². The first kappa shape index (κ1) is 16.8. The van der Waals surface area contributed by atoms with Crippen molar-refractivity contribution in [2.24, 2.45) is 0 Å². The maximum atomic E-state index is 12.0. The van der Waals surface area contributed by atoms with E-state index in [4.69, 9.17) is 5.26 Å². The number of pyridine rings is 1. The van der Waals surface area contributed by atoms with Gasteiger partial charge in [-0.05, 0) is 41.6 Å². The van der Waals surface area contributed by atoms with Crippen molar-refractivity contribution in [3.63, 3.8) is 0 Å². The van der Waals surface area contributed by atoms with Gasteiger partial charge >= 0.3 is 6.03 Å². The topological polar surface area (TPSA) is 133 Å². The van der Waals surface area contributed by atoms with Gasteiger partial charge in [-0.1, -0.05) is 18.2 Å². The van der Waals surface area contributed by atoms with Crippen molar-refractivity contribution in [3.05, 3.63) is 48.2 Å². The molecule has 0 spiro atoms. The lowest BCUT2D eigenvalue weighted by Crippen LogP contribution is -2.33. The Morgan fingerprint density at radius 1 is 1.27 bits per heavy atom. The Bertz CT molecular complexity index is 960. The molecule has 3 N–H and O–H groups in total. The Kier molecular flexibility index (Phi) is 5.00. The molecular weight excluding hydrogens is 334 g/mol. The van der Waals surface area contributed by atoms with Gasteiger partial charge < -0.3 is 5.32 Å². The largest absolute Gasteiger partial charge is 0.337 e. The summed E-state index contributed by atoms with van der Waals surface area (Å²) >= 11 is 0. The molecule has 0 unspecified atom stereocenters. The molecule has 0 saturated carbocycles. The monoisotopic (exact) mass is 349 g/mol. The molecule has 3 aromatic rings. The lowest BCUT2D eigenvalue weighted by Gasteiger charge is -2.10. The summed E-state index contributed by atoms with van der Waals surface area (Å²) in [7, 11) is 0. The molecular formula is C16H15N9O. The molecule has 2 aromatic heterocycles. The number of nitrogens with one attached hydrogen (secondary N) is 3. The number of hydrogen-bond acceptors (Lipinski definition) is 7. The Balaban J connectivity index is 1.64. The molecule has 10 heteroatoms. The zero-order valence-electron chi connectivity index (χ0n) is 13.8. The highest BCUT2D eigenvalue weighted by Gasteiger charge is 2.09. The van der Waals surface area contributed by atoms with Crippen molar-refractivity contribution >= 4 is 17.5 Å². The first-order valence-corrected chi connectivity index (χ1v) is 7.76. The fraction of sp³-hybridized carbons (Fsp3) is 0.125. The van der Waals surface area contributed by atoms with E-state index in [1.54, 1.807) is 41.1 Å². The van der Waals surface area contributed by atoms with Gasteiger partial charge in [-0.3, -0.25) is 10.9 Å². The van der Waals surface area contributed by atoms with Crippen LogP contribution in [0.25, 0.3) is 11.4 Å². The van der Waals surface area contributed by atoms with Gasteiger partial charge in [0.2, 0.25) is 0 Å². The Morgan fingerprint density at radius 2 is 2.12 bits per heavy atom. The maximum Gasteiger partial charge on any atom is 0.337 e. The van der Waals surface area contributed by atoms with Crippen molar-refractivity contribution in [3.8, 4) is 17.5 Å². The molecule has 10 nitrogen and oxygen atoms in total. The van der Waals surface area contributed by atoms with Crippen LogP contribution >= 0.6 is 0 Å². The van der Waals surface area contributed by atoms with Crippen LogP contribution in [0.4, 0.5) is 16.3 Å². The van der Waals surface area contributed by atoms with Crippen LogP contribution in [0.2, 0.25) is 0 Å². The van der Waals surface area contributed by atoms with E-state index < -0.39 is 6.03 Å². The molecule has 0 fully saturated rings. The molecule has 0 aliphatic heterocycles. The summed E-state index contributed by atoms with van der Waals surface area (Å²) in [4.78, 5) is 16.0. The number of aromatic nitrogens is 5. The number of amides is 2. The number of hydrazine groups is 1. The van der Waals surface area contributed by atoms with Crippen molar-refractivity contribution in [2.75, 3.05) is 10.7 Å². The predicted octanol–water partition coefficient (Wildman–Crippen LogP) is 1.78. The van der Waals surface area contributed by atoms with Crippen molar-refractivity contribution < 1.29 is 4.79 Å². The second kappa shape index (κ2) is 7.71. The molecule has 0 aliphatic carbocycles. The number of benzene rings is 1. The molecule has 2 heterocycles. The minimum atomic E-state index is -0.485. The predicted molar refractivity (Wildman–Crippen MR) is 93.7 cm³/mol. The number of nitrogens with zero attached hydrogens (tertiary/aromatic N) is 6. The summed E-state index contributed by atoms with van der Waals surface area (Å²) in [5, 5.41) is 23.1. The normalized spacial score (nSPS) is 10.0. The molecule has 1 aromatic carbocycles. The van der Waals surface area contributed by atoms with Gasteiger partial charge in [0.25, 0.3) is 0 Å². The standard InChI is InChI=1S/C16H15N9O/c1-2-25-15(21-23-24-25)11-5-3-6-12(9-11)19-16(26)22-20-14-8-4-7-13(10-17)18-14/h3-9H,2H2,1H3,(H,18,20)(H2,19,22,26). The lowest BCUT2D eigenvalue weighted by atomic mass is 10.2. The van der Waals surface area contributed by atoms with Gasteiger partial charge in [0, 0.05) is 17.8 Å². The highest BCUT2D eigenvalue weighted by molar-refractivity contribution is 5.90. The molecule has 3 rings (SSSR count). The van der Waals surface area contributed by atoms with E-state index >= 15 is 0 Å². The van der Waals surface area contributed by atoms with Gasteiger partial charge in [-0.25, -0.2) is 14.5 Å². The first-order chi connectivity index (χ1) is 12.7. The summed E-state index contributed by atoms with van der Waals surface area (Å²) in [5.41, 5.74) is 6.70. The number of hydrogen-bond donors (Lipinski definition) is 3. The third-order valence-electron chi connectivity index (χ3n) is 3.38. The number of tetrazole rings is 1. The number of urea groups is 1. The molecule has 130 valence electrons. The molecule has 0 radical (unpaired) electrons. The van der Waals surface area contributed by atoms with Crippen LogP contribution in [0, 0.1) is 11.3 Å². The van der Waals surface area contributed by atoms with Crippen molar-refractivity contribution in [2.45, 2.75) is 13.5 Å². The minimum absolute atomic E-state index is 0.249. The van der Waals surface area contributed by atoms with Gasteiger partial charge in [0.15, 0.2) is 5.82 Å². The fourth-order valence-corrected chi connectivity index (χ4v) is 2.21. The van der Waals surface area contributed by atoms with E-state index in [-0.39, 0.29) is 5.69 Å². The molecule has 26 heavy (non-hydrogen) atoms. The second-order valence-electron chi connectivity index (χ2n) is 5.12. The fourth-order valence-electron chi connectivity index (χ4n) is 2.21. The van der Waals surface area contributed by atoms with Crippen LogP contribution in [0.3, 0.4) is 0 Å². The number of rotatable bonds is 5. The van der Waals surface area contributed by atoms with Gasteiger partial charge in [0.1, 0.15) is 17.6 Å². The number of aryl methyl sites for hydroxylation is 1. The molecule has 0 bridgehead atoms. The Labute approximate surface area is 148 Å². The summed E-state index contributed by atoms with van der Waals surface area (Å²) in [5.74, 6) is 0.974. The third-order valence-corrected chi connectivity index (χ3v) is 3.38. The highest BCUT2D eigenvalue weighted by Crippen LogP contribution is 2.20. The number of carbonyl (C=O) groups excluding carboxylic acids is 1. The van der Waals surface area contributed by atoms with E-state index in [0.29, 0.717) is 23.9 Å². The molecule has 0 saturated heterocycles. The lowest BCUT2D eigenvalue weighted by molar-refractivity contribution is 0.254. The van der Waals surface area contributed by atoms with Crippen LogP contribution in [-0.2, 0) is 6.54 Å². The quantitative estimate of drug-likeness (QED) is 0.598. The maximum absolute atomic E-state index is 12.0. The number of nitriles is 1. The van der Waals surface area contributed by atoms with Crippen molar-refractivity contribution in [1.82, 2.24) is 30.6 Å². The van der Waals surface area contributed by atoms with E-state index in [0.717, 1.165) is 5.56 Å². The summed E-state index contributed by atoms with van der Waals surface area (Å²) in [6, 6.07) is 13.5. The first-order valence-electron chi connectivity index (χ1n) is 7.76. The van der Waals surface area contributed by atoms with Crippen LogP contribution in [0.1, 0.15) is 12.6 Å². The Morgan fingerprint density at radius 3 is 2.92 bits per heavy atom.